The first kappa shape index (κ1) is 13.8. The molecular weight excluding hydrogens is 286 g/mol. The van der Waals surface area contributed by atoms with Gasteiger partial charge in [-0.1, -0.05) is 48.0 Å². The quantitative estimate of drug-likeness (QED) is 0.799. The molecule has 0 atom stereocenters. The van der Waals surface area contributed by atoms with Crippen LogP contribution in [0, 0.1) is 6.92 Å². The van der Waals surface area contributed by atoms with Crippen molar-refractivity contribution in [1.29, 1.82) is 0 Å². The number of anilines is 1. The molecule has 2 aliphatic heterocycles. The predicted octanol–water partition coefficient (Wildman–Crippen LogP) is 3.05. The van der Waals surface area contributed by atoms with E-state index in [2.05, 4.69) is 9.89 Å². The van der Waals surface area contributed by atoms with Gasteiger partial charge in [0, 0.05) is 18.8 Å². The van der Waals surface area contributed by atoms with E-state index in [0.717, 1.165) is 23.8 Å². The fourth-order valence-electron chi connectivity index (χ4n) is 2.92. The molecule has 2 aliphatic rings. The number of fused-ring (bicyclic) bond motifs is 1. The molecule has 0 spiro atoms. The highest BCUT2D eigenvalue weighted by atomic mass is 16.2. The first-order chi connectivity index (χ1) is 11.2. The normalized spacial score (nSPS) is 18.6. The lowest BCUT2D eigenvalue weighted by atomic mass is 10.1. The Labute approximate surface area is 135 Å². The number of amides is 1. The van der Waals surface area contributed by atoms with Gasteiger partial charge in [0.05, 0.1) is 0 Å². The SMILES string of the molecule is Cc1ccc(/C=C2\N=C3N(CCN3c3ccccc3)C2=O)cc1. The first-order valence-electron chi connectivity index (χ1n) is 7.74. The van der Waals surface area contributed by atoms with Crippen molar-refractivity contribution in [1.82, 2.24) is 4.90 Å². The molecule has 1 fully saturated rings. The highest BCUT2D eigenvalue weighted by Gasteiger charge is 2.38. The highest BCUT2D eigenvalue weighted by molar-refractivity contribution is 6.19. The maximum absolute atomic E-state index is 12.6. The zero-order valence-corrected chi connectivity index (χ0v) is 12.9. The molecule has 0 aromatic heterocycles. The van der Waals surface area contributed by atoms with Gasteiger partial charge in [-0.05, 0) is 30.7 Å². The summed E-state index contributed by atoms with van der Waals surface area (Å²) in [7, 11) is 0. The molecule has 0 saturated carbocycles. The van der Waals surface area contributed by atoms with Crippen molar-refractivity contribution < 1.29 is 4.79 Å². The Balaban J connectivity index is 1.68. The average molecular weight is 303 g/mol. The molecule has 0 aliphatic carbocycles. The van der Waals surface area contributed by atoms with E-state index in [1.807, 2.05) is 67.6 Å². The van der Waals surface area contributed by atoms with Crippen LogP contribution in [0.4, 0.5) is 5.69 Å². The Morgan fingerprint density at radius 3 is 2.39 bits per heavy atom. The van der Waals surface area contributed by atoms with Crippen LogP contribution >= 0.6 is 0 Å². The lowest BCUT2D eigenvalue weighted by molar-refractivity contribution is -0.122. The van der Waals surface area contributed by atoms with E-state index in [0.29, 0.717) is 12.2 Å². The number of hydrogen-bond acceptors (Lipinski definition) is 3. The van der Waals surface area contributed by atoms with Gasteiger partial charge in [-0.15, -0.1) is 0 Å². The topological polar surface area (TPSA) is 35.9 Å². The number of guanidine groups is 1. The van der Waals surface area contributed by atoms with E-state index in [4.69, 9.17) is 0 Å². The Morgan fingerprint density at radius 2 is 1.65 bits per heavy atom. The van der Waals surface area contributed by atoms with Gasteiger partial charge in [-0.25, -0.2) is 4.99 Å². The molecule has 4 rings (SSSR count). The minimum absolute atomic E-state index is 0.0148. The molecule has 0 N–H and O–H groups in total. The zero-order chi connectivity index (χ0) is 15.8. The molecule has 2 aromatic rings. The number of nitrogens with zero attached hydrogens (tertiary/aromatic N) is 3. The number of hydrogen-bond donors (Lipinski definition) is 0. The van der Waals surface area contributed by atoms with Crippen LogP contribution in [0.3, 0.4) is 0 Å². The Bertz CT molecular complexity index is 806. The van der Waals surface area contributed by atoms with Crippen molar-refractivity contribution in [3.8, 4) is 0 Å². The molecule has 114 valence electrons. The van der Waals surface area contributed by atoms with E-state index < -0.39 is 0 Å². The summed E-state index contributed by atoms with van der Waals surface area (Å²) >= 11 is 0. The van der Waals surface area contributed by atoms with E-state index in [1.54, 1.807) is 4.90 Å². The van der Waals surface area contributed by atoms with Gasteiger partial charge in [0.25, 0.3) is 5.91 Å². The van der Waals surface area contributed by atoms with Gasteiger partial charge in [-0.3, -0.25) is 9.69 Å². The summed E-state index contributed by atoms with van der Waals surface area (Å²) in [5.74, 6) is 0.721. The molecule has 0 radical (unpaired) electrons. The number of aryl methyl sites for hydroxylation is 1. The molecule has 2 heterocycles. The van der Waals surface area contributed by atoms with Gasteiger partial charge in [0.15, 0.2) is 0 Å². The second kappa shape index (κ2) is 5.39. The lowest BCUT2D eigenvalue weighted by Gasteiger charge is -2.17. The second-order valence-corrected chi connectivity index (χ2v) is 5.80. The Morgan fingerprint density at radius 1 is 0.957 bits per heavy atom. The number of benzene rings is 2. The van der Waals surface area contributed by atoms with Gasteiger partial charge in [0.2, 0.25) is 5.96 Å². The van der Waals surface area contributed by atoms with Crippen molar-refractivity contribution in [3.05, 3.63) is 71.4 Å². The fourth-order valence-corrected chi connectivity index (χ4v) is 2.92. The van der Waals surface area contributed by atoms with Gasteiger partial charge in [0.1, 0.15) is 5.70 Å². The summed E-state index contributed by atoms with van der Waals surface area (Å²) in [4.78, 5) is 21.0. The van der Waals surface area contributed by atoms with E-state index in [9.17, 15) is 4.79 Å². The van der Waals surface area contributed by atoms with Gasteiger partial charge in [-0.2, -0.15) is 0 Å². The molecule has 1 saturated heterocycles. The van der Waals surface area contributed by atoms with Crippen LogP contribution in [0.2, 0.25) is 0 Å². The van der Waals surface area contributed by atoms with Crippen molar-refractivity contribution >= 4 is 23.6 Å². The van der Waals surface area contributed by atoms with Crippen LogP contribution in [0.1, 0.15) is 11.1 Å². The van der Waals surface area contributed by atoms with Crippen LogP contribution in [-0.4, -0.2) is 29.9 Å². The third-order valence-electron chi connectivity index (χ3n) is 4.16. The fraction of sp³-hybridized carbons (Fsp3) is 0.158. The Kier molecular flexibility index (Phi) is 3.23. The monoisotopic (exact) mass is 303 g/mol. The maximum Gasteiger partial charge on any atom is 0.279 e. The maximum atomic E-state index is 12.6. The third kappa shape index (κ3) is 2.42. The van der Waals surface area contributed by atoms with E-state index in [-0.39, 0.29) is 5.91 Å². The predicted molar refractivity (Wildman–Crippen MR) is 92.1 cm³/mol. The largest absolute Gasteiger partial charge is 0.310 e. The molecular formula is C19H17N3O. The smallest absolute Gasteiger partial charge is 0.279 e. The summed E-state index contributed by atoms with van der Waals surface area (Å²) < 4.78 is 0. The number of aliphatic imine (C=N–C) groups is 1. The summed E-state index contributed by atoms with van der Waals surface area (Å²) in [6.07, 6.45) is 1.86. The summed E-state index contributed by atoms with van der Waals surface area (Å²) in [6.45, 7) is 3.51. The van der Waals surface area contributed by atoms with Crippen molar-refractivity contribution in [3.63, 3.8) is 0 Å². The summed E-state index contributed by atoms with van der Waals surface area (Å²) in [6, 6.07) is 18.2. The van der Waals surface area contributed by atoms with Crippen LogP contribution in [0.5, 0.6) is 0 Å². The zero-order valence-electron chi connectivity index (χ0n) is 12.9. The molecule has 2 aromatic carbocycles. The molecule has 0 unspecified atom stereocenters. The van der Waals surface area contributed by atoms with E-state index >= 15 is 0 Å². The standard InChI is InChI=1S/C19H17N3O/c1-14-7-9-15(10-8-14)13-17-18(23)22-12-11-21(19(22)20-17)16-5-3-2-4-6-16/h2-10,13H,11-12H2,1H3/b17-13-. The molecule has 4 nitrogen and oxygen atoms in total. The molecule has 23 heavy (non-hydrogen) atoms. The van der Waals surface area contributed by atoms with Crippen LogP contribution < -0.4 is 4.90 Å². The first-order valence-corrected chi connectivity index (χ1v) is 7.74. The van der Waals surface area contributed by atoms with Crippen molar-refractivity contribution in [2.75, 3.05) is 18.0 Å². The van der Waals surface area contributed by atoms with Crippen LogP contribution in [0.25, 0.3) is 6.08 Å². The Hall–Kier alpha value is -2.88. The van der Waals surface area contributed by atoms with Crippen LogP contribution in [-0.2, 0) is 4.79 Å². The number of para-hydroxylation sites is 1. The number of carbonyl (C=O) groups excluding carboxylic acids is 1. The van der Waals surface area contributed by atoms with Crippen LogP contribution in [0.15, 0.2) is 65.3 Å². The molecule has 1 amide bonds. The number of carbonyl (C=O) groups is 1. The highest BCUT2D eigenvalue weighted by Crippen LogP contribution is 2.27. The second-order valence-electron chi connectivity index (χ2n) is 5.80. The van der Waals surface area contributed by atoms with Gasteiger partial charge < -0.3 is 4.90 Å². The summed E-state index contributed by atoms with van der Waals surface area (Å²) in [5, 5.41) is 0. The van der Waals surface area contributed by atoms with Gasteiger partial charge >= 0.3 is 0 Å². The minimum atomic E-state index is -0.0148. The third-order valence-corrected chi connectivity index (χ3v) is 4.16. The van der Waals surface area contributed by atoms with Crippen molar-refractivity contribution in [2.24, 2.45) is 4.99 Å². The summed E-state index contributed by atoms with van der Waals surface area (Å²) in [5.41, 5.74) is 3.77. The molecule has 4 heteroatoms. The lowest BCUT2D eigenvalue weighted by Crippen LogP contribution is -2.32. The van der Waals surface area contributed by atoms with Crippen molar-refractivity contribution in [2.45, 2.75) is 6.92 Å². The average Bonchev–Trinajstić information content (AvgIpc) is 3.12. The molecule has 0 bridgehead atoms. The minimum Gasteiger partial charge on any atom is -0.310 e. The number of rotatable bonds is 2. The van der Waals surface area contributed by atoms with E-state index in [1.165, 1.54) is 5.56 Å².